The van der Waals surface area contributed by atoms with E-state index in [-0.39, 0.29) is 5.57 Å². The highest BCUT2D eigenvalue weighted by Crippen LogP contribution is 2.03. The van der Waals surface area contributed by atoms with Crippen molar-refractivity contribution in [3.05, 3.63) is 24.8 Å². The Morgan fingerprint density at radius 3 is 2.42 bits per heavy atom. The van der Waals surface area contributed by atoms with Crippen molar-refractivity contribution in [2.24, 2.45) is 5.73 Å². The predicted octanol–water partition coefficient (Wildman–Crippen LogP) is 0.146. The van der Waals surface area contributed by atoms with E-state index in [0.717, 1.165) is 6.08 Å². The zero-order valence-electron chi connectivity index (χ0n) is 6.87. The summed E-state index contributed by atoms with van der Waals surface area (Å²) in [6.45, 7) is 8.06. The van der Waals surface area contributed by atoms with Crippen molar-refractivity contribution >= 4 is 11.9 Å². The number of carbonyl (C=O) groups excluding carboxylic acids is 2. The van der Waals surface area contributed by atoms with Crippen molar-refractivity contribution in [3.8, 4) is 0 Å². The molecule has 0 aliphatic carbocycles. The Morgan fingerprint density at radius 1 is 1.58 bits per heavy atom. The lowest BCUT2D eigenvalue weighted by atomic mass is 10.2. The van der Waals surface area contributed by atoms with Gasteiger partial charge in [0.2, 0.25) is 5.91 Å². The Labute approximate surface area is 70.7 Å². The molecule has 0 aromatic carbocycles. The molecule has 0 fully saturated rings. The summed E-state index contributed by atoms with van der Waals surface area (Å²) in [6.07, 6.45) is 0.304. The molecule has 0 heterocycles. The molecule has 1 atom stereocenters. The van der Waals surface area contributed by atoms with Crippen LogP contribution in [0.3, 0.4) is 0 Å². The molecule has 4 nitrogen and oxygen atoms in total. The summed E-state index contributed by atoms with van der Waals surface area (Å²) in [5, 5.41) is 0. The van der Waals surface area contributed by atoms with Gasteiger partial charge in [0, 0.05) is 11.6 Å². The van der Waals surface area contributed by atoms with Crippen molar-refractivity contribution in [2.75, 3.05) is 0 Å². The van der Waals surface area contributed by atoms with E-state index in [4.69, 9.17) is 5.73 Å². The lowest BCUT2D eigenvalue weighted by Gasteiger charge is -2.11. The first-order valence-corrected chi connectivity index (χ1v) is 3.30. The average molecular weight is 169 g/mol. The van der Waals surface area contributed by atoms with Gasteiger partial charge in [-0.15, -0.1) is 0 Å². The molecule has 0 saturated carbocycles. The van der Waals surface area contributed by atoms with E-state index in [1.165, 1.54) is 6.92 Å². The minimum atomic E-state index is -0.701. The van der Waals surface area contributed by atoms with Gasteiger partial charge >= 0.3 is 5.97 Å². The van der Waals surface area contributed by atoms with E-state index >= 15 is 0 Å². The second-order valence-corrected chi connectivity index (χ2v) is 2.17. The first-order chi connectivity index (χ1) is 5.49. The van der Waals surface area contributed by atoms with Crippen LogP contribution in [0.2, 0.25) is 0 Å². The summed E-state index contributed by atoms with van der Waals surface area (Å²) in [7, 11) is 0. The smallest absolute Gasteiger partial charge is 0.330 e. The number of primary amides is 1. The van der Waals surface area contributed by atoms with Gasteiger partial charge in [-0.2, -0.15) is 0 Å². The fourth-order valence-electron chi connectivity index (χ4n) is 0.494. The summed E-state index contributed by atoms with van der Waals surface area (Å²) >= 11 is 0. The third-order valence-electron chi connectivity index (χ3n) is 1.27. The monoisotopic (exact) mass is 169 g/mol. The molecular formula is C8H11NO3. The molecule has 0 rings (SSSR count). The number of hydrogen-bond acceptors (Lipinski definition) is 3. The molecule has 0 aromatic heterocycles. The van der Waals surface area contributed by atoms with Crippen molar-refractivity contribution in [1.29, 1.82) is 0 Å². The maximum absolute atomic E-state index is 10.6. The Hall–Kier alpha value is -1.58. The highest BCUT2D eigenvalue weighted by Gasteiger charge is 2.14. The highest BCUT2D eigenvalue weighted by atomic mass is 16.5. The standard InChI is InChI=1S/C8H11NO3/c1-4-7(10)12-6(3)5(2)8(9)11/h4,6H,1-2H2,3H3,(H2,9,11). The van der Waals surface area contributed by atoms with E-state index in [1.54, 1.807) is 0 Å². The molecule has 1 amide bonds. The van der Waals surface area contributed by atoms with Crippen LogP contribution < -0.4 is 5.73 Å². The predicted molar refractivity (Wildman–Crippen MR) is 44.1 cm³/mol. The van der Waals surface area contributed by atoms with Crippen LogP contribution in [-0.2, 0) is 14.3 Å². The second-order valence-electron chi connectivity index (χ2n) is 2.17. The van der Waals surface area contributed by atoms with Crippen molar-refractivity contribution in [3.63, 3.8) is 0 Å². The fourth-order valence-corrected chi connectivity index (χ4v) is 0.494. The zero-order chi connectivity index (χ0) is 9.72. The molecule has 66 valence electrons. The van der Waals surface area contributed by atoms with Crippen molar-refractivity contribution < 1.29 is 14.3 Å². The summed E-state index contributed by atoms with van der Waals surface area (Å²) in [5.74, 6) is -1.29. The molecule has 4 heteroatoms. The quantitative estimate of drug-likeness (QED) is 0.481. The van der Waals surface area contributed by atoms with Gasteiger partial charge < -0.3 is 10.5 Å². The number of amides is 1. The van der Waals surface area contributed by atoms with Gasteiger partial charge in [0.1, 0.15) is 6.10 Å². The lowest BCUT2D eigenvalue weighted by molar-refractivity contribution is -0.140. The molecule has 1 unspecified atom stereocenters. The number of hydrogen-bond donors (Lipinski definition) is 1. The third kappa shape index (κ3) is 3.01. The van der Waals surface area contributed by atoms with E-state index in [2.05, 4.69) is 17.9 Å². The van der Waals surface area contributed by atoms with Crippen LogP contribution >= 0.6 is 0 Å². The molecule has 0 spiro atoms. The van der Waals surface area contributed by atoms with Gasteiger partial charge in [-0.3, -0.25) is 4.79 Å². The molecule has 0 saturated heterocycles. The third-order valence-corrected chi connectivity index (χ3v) is 1.27. The second kappa shape index (κ2) is 4.33. The Morgan fingerprint density at radius 2 is 2.08 bits per heavy atom. The molecule has 0 aromatic rings. The molecule has 12 heavy (non-hydrogen) atoms. The molecule has 0 bridgehead atoms. The average Bonchev–Trinajstić information content (AvgIpc) is 2.02. The first kappa shape index (κ1) is 10.4. The normalized spacial score (nSPS) is 11.4. The van der Waals surface area contributed by atoms with Crippen LogP contribution in [-0.4, -0.2) is 18.0 Å². The van der Waals surface area contributed by atoms with Gasteiger partial charge in [0.15, 0.2) is 0 Å². The number of carbonyl (C=O) groups is 2. The fraction of sp³-hybridized carbons (Fsp3) is 0.250. The van der Waals surface area contributed by atoms with Gasteiger partial charge in [-0.05, 0) is 6.92 Å². The Bertz CT molecular complexity index is 232. The zero-order valence-corrected chi connectivity index (χ0v) is 6.87. The van der Waals surface area contributed by atoms with E-state index in [1.807, 2.05) is 0 Å². The molecule has 2 N–H and O–H groups in total. The minimum Gasteiger partial charge on any atom is -0.454 e. The maximum atomic E-state index is 10.6. The van der Waals surface area contributed by atoms with Crippen LogP contribution in [0.4, 0.5) is 0 Å². The summed E-state index contributed by atoms with van der Waals surface area (Å²) < 4.78 is 4.67. The number of rotatable bonds is 4. The molecule has 0 radical (unpaired) electrons. The van der Waals surface area contributed by atoms with Gasteiger partial charge in [0.25, 0.3) is 0 Å². The number of esters is 1. The van der Waals surface area contributed by atoms with E-state index < -0.39 is 18.0 Å². The van der Waals surface area contributed by atoms with E-state index in [0.29, 0.717) is 0 Å². The summed E-state index contributed by atoms with van der Waals surface area (Å²) in [4.78, 5) is 21.1. The largest absolute Gasteiger partial charge is 0.454 e. The van der Waals surface area contributed by atoms with Crippen molar-refractivity contribution in [1.82, 2.24) is 0 Å². The lowest BCUT2D eigenvalue weighted by Crippen LogP contribution is -2.25. The topological polar surface area (TPSA) is 69.4 Å². The van der Waals surface area contributed by atoms with Crippen molar-refractivity contribution in [2.45, 2.75) is 13.0 Å². The van der Waals surface area contributed by atoms with Crippen LogP contribution in [0.25, 0.3) is 0 Å². The number of ether oxygens (including phenoxy) is 1. The van der Waals surface area contributed by atoms with Crippen LogP contribution in [0.1, 0.15) is 6.92 Å². The Kier molecular flexibility index (Phi) is 3.76. The molecule has 0 aliphatic heterocycles. The minimum absolute atomic E-state index is 0.0604. The highest BCUT2D eigenvalue weighted by molar-refractivity contribution is 5.93. The van der Waals surface area contributed by atoms with Crippen LogP contribution in [0, 0.1) is 0 Å². The van der Waals surface area contributed by atoms with Gasteiger partial charge in [-0.25, -0.2) is 4.79 Å². The van der Waals surface area contributed by atoms with Crippen LogP contribution in [0.5, 0.6) is 0 Å². The number of nitrogens with two attached hydrogens (primary N) is 1. The Balaban J connectivity index is 4.13. The van der Waals surface area contributed by atoms with Crippen LogP contribution in [0.15, 0.2) is 24.8 Å². The first-order valence-electron chi connectivity index (χ1n) is 3.30. The SMILES string of the molecule is C=CC(=O)OC(C)C(=C)C(N)=O. The molecular weight excluding hydrogens is 158 g/mol. The maximum Gasteiger partial charge on any atom is 0.330 e. The van der Waals surface area contributed by atoms with Gasteiger partial charge in [-0.1, -0.05) is 13.2 Å². The summed E-state index contributed by atoms with van der Waals surface area (Å²) in [5.41, 5.74) is 4.96. The van der Waals surface area contributed by atoms with Gasteiger partial charge in [0.05, 0.1) is 0 Å². The molecule has 0 aliphatic rings. The summed E-state index contributed by atoms with van der Waals surface area (Å²) in [6, 6.07) is 0. The van der Waals surface area contributed by atoms with E-state index in [9.17, 15) is 9.59 Å².